The van der Waals surface area contributed by atoms with E-state index in [1.165, 1.54) is 12.1 Å². The van der Waals surface area contributed by atoms with Crippen LogP contribution in [0.3, 0.4) is 0 Å². The number of Topliss-reactive ketones (excluding diaryl/α,β-unsaturated/α-hetero) is 1. The molecule has 35 heavy (non-hydrogen) atoms. The van der Waals surface area contributed by atoms with E-state index < -0.39 is 11.5 Å². The number of aryl methyl sites for hydroxylation is 1. The van der Waals surface area contributed by atoms with E-state index in [0.29, 0.717) is 49.0 Å². The number of hydrogen-bond donors (Lipinski definition) is 3. The Hall–Kier alpha value is -2.14. The number of benzene rings is 1. The Morgan fingerprint density at radius 3 is 1.89 bits per heavy atom. The number of rotatable bonds is 13. The summed E-state index contributed by atoms with van der Waals surface area (Å²) in [5, 5.41) is 34.4. The smallest absolute Gasteiger partial charge is 0.165 e. The van der Waals surface area contributed by atoms with Gasteiger partial charge in [0.1, 0.15) is 17.3 Å². The summed E-state index contributed by atoms with van der Waals surface area (Å²) in [6, 6.07) is 6.01. The molecule has 1 aliphatic carbocycles. The lowest BCUT2D eigenvalue weighted by molar-refractivity contribution is -0.118. The average Bonchev–Trinajstić information content (AvgIpc) is 2.78. The maximum atomic E-state index is 13.5. The average molecular weight is 489 g/mol. The minimum atomic E-state index is -1.27. The summed E-state index contributed by atoms with van der Waals surface area (Å²) in [7, 11) is 0. The fraction of sp³-hybridized carbons (Fsp3) is 0.633. The SMILES string of the molecule is CC(C)CCC1=C(O)C(CCC(C)C)(CCC(C)C)C(O)C(C(=O)CCc2ccc(F)cc2)=C1O. The topological polar surface area (TPSA) is 77.8 Å². The summed E-state index contributed by atoms with van der Waals surface area (Å²) in [6.07, 6.45) is 3.04. The molecule has 0 amide bonds. The zero-order valence-corrected chi connectivity index (χ0v) is 22.4. The Bertz CT molecular complexity index is 897. The molecule has 0 saturated carbocycles. The number of carbonyl (C=O) groups is 1. The van der Waals surface area contributed by atoms with Gasteiger partial charge >= 0.3 is 0 Å². The minimum absolute atomic E-state index is 0.0242. The summed E-state index contributed by atoms with van der Waals surface area (Å²) < 4.78 is 13.3. The van der Waals surface area contributed by atoms with E-state index in [1.807, 2.05) is 0 Å². The maximum absolute atomic E-state index is 13.5. The molecule has 1 aromatic rings. The molecule has 0 fully saturated rings. The first kappa shape index (κ1) is 29.1. The van der Waals surface area contributed by atoms with E-state index in [4.69, 9.17) is 0 Å². The van der Waals surface area contributed by atoms with Crippen LogP contribution in [0.25, 0.3) is 0 Å². The number of halogens is 1. The predicted molar refractivity (Wildman–Crippen MR) is 140 cm³/mol. The van der Waals surface area contributed by atoms with Gasteiger partial charge in [-0.15, -0.1) is 0 Å². The molecule has 5 heteroatoms. The minimum Gasteiger partial charge on any atom is -0.511 e. The molecule has 0 bridgehead atoms. The van der Waals surface area contributed by atoms with Gasteiger partial charge in [0.15, 0.2) is 5.78 Å². The van der Waals surface area contributed by atoms with Gasteiger partial charge in [0.05, 0.1) is 17.1 Å². The van der Waals surface area contributed by atoms with Crippen molar-refractivity contribution in [2.45, 2.75) is 99.0 Å². The molecule has 4 nitrogen and oxygen atoms in total. The van der Waals surface area contributed by atoms with Crippen LogP contribution in [0, 0.1) is 29.0 Å². The van der Waals surface area contributed by atoms with E-state index in [9.17, 15) is 24.5 Å². The number of aliphatic hydroxyl groups excluding tert-OH is 3. The zero-order valence-electron chi connectivity index (χ0n) is 22.4. The third-order valence-corrected chi connectivity index (χ3v) is 7.26. The largest absolute Gasteiger partial charge is 0.511 e. The van der Waals surface area contributed by atoms with Crippen LogP contribution in [0.4, 0.5) is 4.39 Å². The first-order valence-corrected chi connectivity index (χ1v) is 13.2. The third kappa shape index (κ3) is 7.42. The van der Waals surface area contributed by atoms with Gasteiger partial charge in [-0.25, -0.2) is 4.39 Å². The summed E-state index contributed by atoms with van der Waals surface area (Å²) in [5.74, 6) is 0.215. The van der Waals surface area contributed by atoms with E-state index >= 15 is 0 Å². The molecule has 0 heterocycles. The number of ketones is 1. The lowest BCUT2D eigenvalue weighted by atomic mass is 9.63. The molecule has 0 saturated heterocycles. The van der Waals surface area contributed by atoms with Crippen molar-refractivity contribution in [1.82, 2.24) is 0 Å². The Morgan fingerprint density at radius 1 is 0.886 bits per heavy atom. The molecular weight excluding hydrogens is 443 g/mol. The quantitative estimate of drug-likeness (QED) is 0.267. The van der Waals surface area contributed by atoms with Gasteiger partial charge < -0.3 is 15.3 Å². The van der Waals surface area contributed by atoms with Crippen molar-refractivity contribution >= 4 is 5.78 Å². The zero-order chi connectivity index (χ0) is 26.3. The second-order valence-electron chi connectivity index (χ2n) is 11.5. The van der Waals surface area contributed by atoms with Gasteiger partial charge in [-0.05, 0) is 80.4 Å². The Balaban J connectivity index is 2.50. The first-order chi connectivity index (χ1) is 16.4. The fourth-order valence-corrected chi connectivity index (χ4v) is 4.84. The summed E-state index contributed by atoms with van der Waals surface area (Å²) in [5.41, 5.74) is 0.251. The molecule has 1 aromatic carbocycles. The molecule has 0 aromatic heterocycles. The van der Waals surface area contributed by atoms with E-state index in [0.717, 1.165) is 24.8 Å². The van der Waals surface area contributed by atoms with Crippen molar-refractivity contribution in [1.29, 1.82) is 0 Å². The van der Waals surface area contributed by atoms with E-state index in [-0.39, 0.29) is 35.1 Å². The highest BCUT2D eigenvalue weighted by Gasteiger charge is 2.50. The van der Waals surface area contributed by atoms with Crippen molar-refractivity contribution in [2.75, 3.05) is 0 Å². The van der Waals surface area contributed by atoms with Gasteiger partial charge in [0, 0.05) is 12.0 Å². The van der Waals surface area contributed by atoms with E-state index in [2.05, 4.69) is 41.5 Å². The third-order valence-electron chi connectivity index (χ3n) is 7.26. The van der Waals surface area contributed by atoms with Crippen LogP contribution in [-0.2, 0) is 11.2 Å². The predicted octanol–water partition coefficient (Wildman–Crippen LogP) is 7.62. The van der Waals surface area contributed by atoms with Gasteiger partial charge in [0.25, 0.3) is 0 Å². The second-order valence-corrected chi connectivity index (χ2v) is 11.5. The molecule has 196 valence electrons. The first-order valence-electron chi connectivity index (χ1n) is 13.2. The maximum Gasteiger partial charge on any atom is 0.165 e. The molecule has 0 aliphatic heterocycles. The lowest BCUT2D eigenvalue weighted by Crippen LogP contribution is -2.45. The molecule has 0 radical (unpaired) electrons. The highest BCUT2D eigenvalue weighted by atomic mass is 19.1. The molecule has 0 spiro atoms. The van der Waals surface area contributed by atoms with Gasteiger partial charge in [0.2, 0.25) is 0 Å². The standard InChI is InChI=1S/C30H45FO4/c1-19(2)7-13-24-27(33)26(25(32)14-10-22-8-11-23(31)12-9-22)29(35)30(28(24)34,17-15-20(3)4)18-16-21(5)6/h8-9,11-12,19-21,29,33-35H,7,10,13-18H2,1-6H3. The van der Waals surface area contributed by atoms with Crippen LogP contribution in [-0.4, -0.2) is 27.2 Å². The van der Waals surface area contributed by atoms with Crippen LogP contribution < -0.4 is 0 Å². The van der Waals surface area contributed by atoms with Crippen LogP contribution in [0.1, 0.15) is 92.1 Å². The van der Waals surface area contributed by atoms with Gasteiger partial charge in [-0.3, -0.25) is 4.79 Å². The molecule has 1 unspecified atom stereocenters. The normalized spacial score (nSPS) is 18.3. The number of aliphatic hydroxyl groups is 3. The Kier molecular flexibility index (Phi) is 10.6. The van der Waals surface area contributed by atoms with Crippen LogP contribution >= 0.6 is 0 Å². The summed E-state index contributed by atoms with van der Waals surface area (Å²) in [6.45, 7) is 12.6. The highest BCUT2D eigenvalue weighted by Crippen LogP contribution is 2.50. The molecule has 1 atom stereocenters. The number of hydrogen-bond acceptors (Lipinski definition) is 4. The van der Waals surface area contributed by atoms with Crippen molar-refractivity contribution in [3.63, 3.8) is 0 Å². The van der Waals surface area contributed by atoms with Crippen LogP contribution in [0.5, 0.6) is 0 Å². The fourth-order valence-electron chi connectivity index (χ4n) is 4.84. The molecule has 1 aliphatic rings. The molecular formula is C30H45FO4. The van der Waals surface area contributed by atoms with Gasteiger partial charge in [-0.1, -0.05) is 53.7 Å². The molecule has 2 rings (SSSR count). The van der Waals surface area contributed by atoms with Crippen molar-refractivity contribution < 1.29 is 24.5 Å². The van der Waals surface area contributed by atoms with Crippen molar-refractivity contribution in [3.05, 3.63) is 58.3 Å². The van der Waals surface area contributed by atoms with Crippen molar-refractivity contribution in [3.8, 4) is 0 Å². The van der Waals surface area contributed by atoms with Gasteiger partial charge in [-0.2, -0.15) is 0 Å². The number of allylic oxidation sites excluding steroid dienone is 1. The Labute approximate surface area is 211 Å². The van der Waals surface area contributed by atoms with Crippen molar-refractivity contribution in [2.24, 2.45) is 23.2 Å². The highest BCUT2D eigenvalue weighted by molar-refractivity contribution is 5.98. The lowest BCUT2D eigenvalue weighted by Gasteiger charge is -2.43. The summed E-state index contributed by atoms with van der Waals surface area (Å²) >= 11 is 0. The van der Waals surface area contributed by atoms with Crippen LogP contribution in [0.15, 0.2) is 46.9 Å². The Morgan fingerprint density at radius 2 is 1.40 bits per heavy atom. The molecule has 3 N–H and O–H groups in total. The summed E-state index contributed by atoms with van der Waals surface area (Å²) in [4.78, 5) is 13.5. The van der Waals surface area contributed by atoms with E-state index in [1.54, 1.807) is 12.1 Å². The number of carbonyl (C=O) groups excluding carboxylic acids is 1. The monoisotopic (exact) mass is 488 g/mol. The van der Waals surface area contributed by atoms with Crippen LogP contribution in [0.2, 0.25) is 0 Å². The second kappa shape index (κ2) is 12.7.